The normalized spacial score (nSPS) is 12.1. The number of hydrogen-bond donors (Lipinski definition) is 2. The van der Waals surface area contributed by atoms with Gasteiger partial charge in [-0.2, -0.15) is 0 Å². The molecule has 2 aromatic carbocycles. The van der Waals surface area contributed by atoms with Gasteiger partial charge in [0.2, 0.25) is 15.9 Å². The minimum absolute atomic E-state index is 0.0870. The lowest BCUT2D eigenvalue weighted by Gasteiger charge is -2.20. The summed E-state index contributed by atoms with van der Waals surface area (Å²) in [5.41, 5.74) is 0.553. The highest BCUT2D eigenvalue weighted by Gasteiger charge is 2.22. The van der Waals surface area contributed by atoms with Gasteiger partial charge in [-0.15, -0.1) is 0 Å². The topological polar surface area (TPSA) is 84.5 Å². The summed E-state index contributed by atoms with van der Waals surface area (Å²) in [6, 6.07) is 13.4. The van der Waals surface area contributed by atoms with Crippen LogP contribution in [0, 0.1) is 0 Å². The van der Waals surface area contributed by atoms with E-state index in [1.165, 1.54) is 18.2 Å². The largest absolute Gasteiger partial charge is 0.496 e. The van der Waals surface area contributed by atoms with Crippen molar-refractivity contribution >= 4 is 27.7 Å². The van der Waals surface area contributed by atoms with E-state index in [1.54, 1.807) is 52.2 Å². The van der Waals surface area contributed by atoms with Gasteiger partial charge in [0.05, 0.1) is 12.0 Å². The molecule has 0 saturated carbocycles. The summed E-state index contributed by atoms with van der Waals surface area (Å²) in [4.78, 5) is 12.3. The third-order valence-electron chi connectivity index (χ3n) is 3.41. The van der Waals surface area contributed by atoms with E-state index in [2.05, 4.69) is 10.0 Å². The van der Waals surface area contributed by atoms with E-state index in [9.17, 15) is 13.2 Å². The van der Waals surface area contributed by atoms with Gasteiger partial charge in [-0.3, -0.25) is 4.79 Å². The molecular weight excluding hydrogens is 364 g/mol. The number of methoxy groups -OCH3 is 1. The van der Waals surface area contributed by atoms with Gasteiger partial charge in [0.15, 0.2) is 0 Å². The first kappa shape index (κ1) is 20.7. The number of sulfonamides is 1. The van der Waals surface area contributed by atoms with Crippen molar-refractivity contribution in [1.82, 2.24) is 4.72 Å². The first-order valence-corrected chi connectivity index (χ1v) is 9.85. The van der Waals surface area contributed by atoms with Crippen molar-refractivity contribution < 1.29 is 17.9 Å². The lowest BCUT2D eigenvalue weighted by molar-refractivity contribution is -0.111. The predicted molar refractivity (Wildman–Crippen MR) is 107 cm³/mol. The van der Waals surface area contributed by atoms with E-state index >= 15 is 0 Å². The number of benzene rings is 2. The maximum absolute atomic E-state index is 12.4. The molecule has 6 nitrogen and oxygen atoms in total. The zero-order chi connectivity index (χ0) is 20.1. The van der Waals surface area contributed by atoms with Crippen molar-refractivity contribution in [2.24, 2.45) is 0 Å². The lowest BCUT2D eigenvalue weighted by atomic mass is 10.1. The SMILES string of the molecule is COc1ccccc1/C=C/C(=O)Nc1cccc(S(=O)(=O)NC(C)(C)C)c1. The maximum atomic E-state index is 12.4. The van der Waals surface area contributed by atoms with Crippen LogP contribution >= 0.6 is 0 Å². The van der Waals surface area contributed by atoms with Crippen molar-refractivity contribution in [3.8, 4) is 5.75 Å². The number of nitrogens with one attached hydrogen (secondary N) is 2. The van der Waals surface area contributed by atoms with E-state index in [0.717, 1.165) is 5.56 Å². The number of ether oxygens (including phenoxy) is 1. The van der Waals surface area contributed by atoms with Gasteiger partial charge >= 0.3 is 0 Å². The Labute approximate surface area is 160 Å². The van der Waals surface area contributed by atoms with Gasteiger partial charge < -0.3 is 10.1 Å². The van der Waals surface area contributed by atoms with Crippen LogP contribution in [0.5, 0.6) is 5.75 Å². The standard InChI is InChI=1S/C20H24N2O4S/c1-20(2,3)22-27(24,25)17-10-7-9-16(14-17)21-19(23)13-12-15-8-5-6-11-18(15)26-4/h5-14,22H,1-4H3,(H,21,23)/b13-12+. The molecule has 0 atom stereocenters. The molecule has 2 N–H and O–H groups in total. The number of anilines is 1. The van der Waals surface area contributed by atoms with Crippen LogP contribution < -0.4 is 14.8 Å². The fourth-order valence-electron chi connectivity index (χ4n) is 2.36. The monoisotopic (exact) mass is 388 g/mol. The van der Waals surface area contributed by atoms with Gasteiger partial charge in [-0.05, 0) is 51.1 Å². The summed E-state index contributed by atoms with van der Waals surface area (Å²) in [6.07, 6.45) is 3.00. The molecular formula is C20H24N2O4S. The van der Waals surface area contributed by atoms with E-state index in [1.807, 2.05) is 18.2 Å². The third-order valence-corrected chi connectivity index (χ3v) is 5.16. The number of hydrogen-bond acceptors (Lipinski definition) is 4. The Morgan fingerprint density at radius 2 is 1.78 bits per heavy atom. The van der Waals surface area contributed by atoms with Crippen LogP contribution in [0.4, 0.5) is 5.69 Å². The van der Waals surface area contributed by atoms with Crippen LogP contribution in [0.15, 0.2) is 59.5 Å². The molecule has 2 rings (SSSR count). The summed E-state index contributed by atoms with van der Waals surface area (Å²) in [7, 11) is -2.12. The maximum Gasteiger partial charge on any atom is 0.248 e. The van der Waals surface area contributed by atoms with Crippen LogP contribution in [0.25, 0.3) is 6.08 Å². The molecule has 2 aromatic rings. The van der Waals surface area contributed by atoms with E-state index in [0.29, 0.717) is 11.4 Å². The molecule has 7 heteroatoms. The molecule has 0 fully saturated rings. The summed E-state index contributed by atoms with van der Waals surface area (Å²) >= 11 is 0. The number of para-hydroxylation sites is 1. The van der Waals surface area contributed by atoms with E-state index in [4.69, 9.17) is 4.74 Å². The second-order valence-electron chi connectivity index (χ2n) is 6.95. The molecule has 0 aliphatic heterocycles. The average Bonchev–Trinajstić information content (AvgIpc) is 2.58. The van der Waals surface area contributed by atoms with Crippen LogP contribution in [0.1, 0.15) is 26.3 Å². The minimum Gasteiger partial charge on any atom is -0.496 e. The Bertz CT molecular complexity index is 944. The molecule has 0 aliphatic rings. The second kappa shape index (κ2) is 8.37. The fraction of sp³-hybridized carbons (Fsp3) is 0.250. The number of amides is 1. The molecule has 0 spiro atoms. The fourth-order valence-corrected chi connectivity index (χ4v) is 3.82. The second-order valence-corrected chi connectivity index (χ2v) is 8.63. The Morgan fingerprint density at radius 3 is 2.44 bits per heavy atom. The number of rotatable bonds is 6. The average molecular weight is 388 g/mol. The first-order chi connectivity index (χ1) is 12.6. The minimum atomic E-state index is -3.68. The summed E-state index contributed by atoms with van der Waals surface area (Å²) in [6.45, 7) is 5.29. The summed E-state index contributed by atoms with van der Waals surface area (Å²) in [5.74, 6) is 0.280. The highest BCUT2D eigenvalue weighted by atomic mass is 32.2. The summed E-state index contributed by atoms with van der Waals surface area (Å²) in [5, 5.41) is 2.67. The highest BCUT2D eigenvalue weighted by molar-refractivity contribution is 7.89. The smallest absolute Gasteiger partial charge is 0.248 e. The summed E-state index contributed by atoms with van der Waals surface area (Å²) < 4.78 is 32.6. The number of carbonyl (C=O) groups excluding carboxylic acids is 1. The van der Waals surface area contributed by atoms with Crippen molar-refractivity contribution in [1.29, 1.82) is 0 Å². The molecule has 0 bridgehead atoms. The van der Waals surface area contributed by atoms with E-state index < -0.39 is 15.6 Å². The van der Waals surface area contributed by atoms with Gasteiger partial charge in [-0.1, -0.05) is 24.3 Å². The van der Waals surface area contributed by atoms with Crippen LogP contribution in [0.2, 0.25) is 0 Å². The zero-order valence-electron chi connectivity index (χ0n) is 15.8. The molecule has 0 radical (unpaired) electrons. The lowest BCUT2D eigenvalue weighted by Crippen LogP contribution is -2.40. The Hall–Kier alpha value is -2.64. The van der Waals surface area contributed by atoms with Crippen LogP contribution in [-0.2, 0) is 14.8 Å². The Balaban J connectivity index is 2.14. The van der Waals surface area contributed by atoms with Crippen molar-refractivity contribution in [2.45, 2.75) is 31.2 Å². The predicted octanol–water partition coefficient (Wildman–Crippen LogP) is 3.42. The molecule has 0 aromatic heterocycles. The van der Waals surface area contributed by atoms with Gasteiger partial charge in [0, 0.05) is 22.9 Å². The first-order valence-electron chi connectivity index (χ1n) is 8.37. The van der Waals surface area contributed by atoms with Gasteiger partial charge in [0.25, 0.3) is 0 Å². The van der Waals surface area contributed by atoms with Crippen molar-refractivity contribution in [3.63, 3.8) is 0 Å². The third kappa shape index (κ3) is 6.23. The molecule has 0 aliphatic carbocycles. The van der Waals surface area contributed by atoms with E-state index in [-0.39, 0.29) is 10.8 Å². The van der Waals surface area contributed by atoms with Crippen molar-refractivity contribution in [2.75, 3.05) is 12.4 Å². The molecule has 144 valence electrons. The van der Waals surface area contributed by atoms with Gasteiger partial charge in [0.1, 0.15) is 5.75 Å². The Kier molecular flexibility index (Phi) is 6.41. The highest BCUT2D eigenvalue weighted by Crippen LogP contribution is 2.20. The molecule has 0 heterocycles. The zero-order valence-corrected chi connectivity index (χ0v) is 16.6. The van der Waals surface area contributed by atoms with Crippen molar-refractivity contribution in [3.05, 3.63) is 60.2 Å². The van der Waals surface area contributed by atoms with Crippen LogP contribution in [0.3, 0.4) is 0 Å². The molecule has 0 unspecified atom stereocenters. The number of carbonyl (C=O) groups is 1. The Morgan fingerprint density at radius 1 is 1.07 bits per heavy atom. The van der Waals surface area contributed by atoms with Crippen LogP contribution in [-0.4, -0.2) is 27.0 Å². The molecule has 0 saturated heterocycles. The molecule has 27 heavy (non-hydrogen) atoms. The van der Waals surface area contributed by atoms with Gasteiger partial charge in [-0.25, -0.2) is 13.1 Å². The quantitative estimate of drug-likeness (QED) is 0.743. The molecule has 1 amide bonds.